The molecule has 0 spiro atoms. The second kappa shape index (κ2) is 2.70. The Morgan fingerprint density at radius 2 is 2.14 bits per heavy atom. The van der Waals surface area contributed by atoms with Gasteiger partial charge in [-0.3, -0.25) is 0 Å². The highest BCUT2D eigenvalue weighted by Gasteiger charge is 2.42. The first-order valence-corrected chi connectivity index (χ1v) is 4.35. The zero-order valence-corrected chi connectivity index (χ0v) is 7.99. The van der Waals surface area contributed by atoms with Crippen molar-refractivity contribution in [1.29, 1.82) is 0 Å². The second-order valence-electron chi connectivity index (χ2n) is 3.62. The standard InChI is InChI=1S/C10H10O4/c1-6-3-4-10(2,14-6)7-5-8(11)13-9(7)12/h3,5H,4H2,1-2H3. The molecule has 4 heteroatoms. The quantitative estimate of drug-likeness (QED) is 0.463. The molecule has 1 atom stereocenters. The maximum absolute atomic E-state index is 11.3. The molecule has 0 bridgehead atoms. The highest BCUT2D eigenvalue weighted by atomic mass is 16.6. The van der Waals surface area contributed by atoms with Crippen LogP contribution in [0.3, 0.4) is 0 Å². The van der Waals surface area contributed by atoms with Gasteiger partial charge >= 0.3 is 11.9 Å². The van der Waals surface area contributed by atoms with Gasteiger partial charge in [0.15, 0.2) is 0 Å². The van der Waals surface area contributed by atoms with Crippen LogP contribution in [0, 0.1) is 0 Å². The summed E-state index contributed by atoms with van der Waals surface area (Å²) in [6, 6.07) is 0. The number of rotatable bonds is 1. The van der Waals surface area contributed by atoms with Gasteiger partial charge in [-0.15, -0.1) is 0 Å². The van der Waals surface area contributed by atoms with Crippen molar-refractivity contribution in [2.45, 2.75) is 25.9 Å². The van der Waals surface area contributed by atoms with Crippen LogP contribution in [-0.4, -0.2) is 17.5 Å². The molecule has 0 saturated heterocycles. The molecule has 0 aliphatic carbocycles. The Hall–Kier alpha value is -1.58. The lowest BCUT2D eigenvalue weighted by molar-refractivity contribution is -0.151. The lowest BCUT2D eigenvalue weighted by Crippen LogP contribution is -2.29. The van der Waals surface area contributed by atoms with E-state index in [4.69, 9.17) is 4.74 Å². The summed E-state index contributed by atoms with van der Waals surface area (Å²) in [6.45, 7) is 3.58. The van der Waals surface area contributed by atoms with Crippen molar-refractivity contribution in [1.82, 2.24) is 0 Å². The minimum absolute atomic E-state index is 0.301. The van der Waals surface area contributed by atoms with Crippen molar-refractivity contribution < 1.29 is 19.1 Å². The molecule has 0 aromatic heterocycles. The largest absolute Gasteiger partial charge is 0.487 e. The predicted molar refractivity (Wildman–Crippen MR) is 47.0 cm³/mol. The molecule has 0 aromatic carbocycles. The molecule has 14 heavy (non-hydrogen) atoms. The number of carbonyl (C=O) groups excluding carboxylic acids is 2. The third-order valence-electron chi connectivity index (χ3n) is 2.41. The number of hydrogen-bond donors (Lipinski definition) is 0. The summed E-state index contributed by atoms with van der Waals surface area (Å²) in [4.78, 5) is 22.1. The average Bonchev–Trinajstić information content (AvgIpc) is 2.57. The van der Waals surface area contributed by atoms with Crippen molar-refractivity contribution in [3.05, 3.63) is 23.5 Å². The Balaban J connectivity index is 2.28. The van der Waals surface area contributed by atoms with Gasteiger partial charge in [-0.1, -0.05) is 0 Å². The van der Waals surface area contributed by atoms with Gasteiger partial charge in [-0.25, -0.2) is 9.59 Å². The molecule has 2 heterocycles. The van der Waals surface area contributed by atoms with Crippen molar-refractivity contribution >= 4 is 11.9 Å². The molecule has 2 rings (SSSR count). The first kappa shape index (κ1) is 8.99. The van der Waals surface area contributed by atoms with Crippen molar-refractivity contribution in [3.63, 3.8) is 0 Å². The molecule has 0 aromatic rings. The van der Waals surface area contributed by atoms with Gasteiger partial charge in [-0.05, 0) is 19.9 Å². The van der Waals surface area contributed by atoms with E-state index in [1.165, 1.54) is 6.08 Å². The van der Waals surface area contributed by atoms with Gasteiger partial charge < -0.3 is 9.47 Å². The molecular weight excluding hydrogens is 184 g/mol. The number of hydrogen-bond acceptors (Lipinski definition) is 4. The first-order chi connectivity index (χ1) is 6.51. The van der Waals surface area contributed by atoms with E-state index >= 15 is 0 Å². The molecule has 0 fully saturated rings. The maximum atomic E-state index is 11.3. The number of ether oxygens (including phenoxy) is 2. The summed E-state index contributed by atoms with van der Waals surface area (Å²) in [6.07, 6.45) is 3.68. The van der Waals surface area contributed by atoms with Crippen molar-refractivity contribution in [2.75, 3.05) is 0 Å². The van der Waals surface area contributed by atoms with Crippen LogP contribution in [0.5, 0.6) is 0 Å². The lowest BCUT2D eigenvalue weighted by atomic mass is 9.93. The number of allylic oxidation sites excluding steroid dienone is 1. The summed E-state index contributed by atoms with van der Waals surface area (Å²) >= 11 is 0. The highest BCUT2D eigenvalue weighted by molar-refractivity contribution is 6.10. The summed E-state index contributed by atoms with van der Waals surface area (Å²) < 4.78 is 9.90. The third-order valence-corrected chi connectivity index (χ3v) is 2.41. The van der Waals surface area contributed by atoms with Crippen LogP contribution in [0.2, 0.25) is 0 Å². The molecule has 4 nitrogen and oxygen atoms in total. The van der Waals surface area contributed by atoms with Crippen LogP contribution in [-0.2, 0) is 19.1 Å². The minimum atomic E-state index is -0.729. The van der Waals surface area contributed by atoms with Gasteiger partial charge in [0, 0.05) is 12.5 Å². The average molecular weight is 194 g/mol. The van der Waals surface area contributed by atoms with Crippen LogP contribution >= 0.6 is 0 Å². The Labute approximate surface area is 81.2 Å². The van der Waals surface area contributed by atoms with Crippen molar-refractivity contribution in [3.8, 4) is 0 Å². The normalized spacial score (nSPS) is 31.0. The second-order valence-corrected chi connectivity index (χ2v) is 3.62. The zero-order valence-electron chi connectivity index (χ0n) is 7.99. The fourth-order valence-electron chi connectivity index (χ4n) is 1.66. The summed E-state index contributed by atoms with van der Waals surface area (Å²) in [5.74, 6) is -0.444. The Morgan fingerprint density at radius 3 is 2.57 bits per heavy atom. The van der Waals surface area contributed by atoms with Crippen LogP contribution in [0.25, 0.3) is 0 Å². The Bertz CT molecular complexity index is 378. The van der Waals surface area contributed by atoms with Gasteiger partial charge in [0.1, 0.15) is 5.60 Å². The van der Waals surface area contributed by atoms with E-state index in [-0.39, 0.29) is 0 Å². The topological polar surface area (TPSA) is 52.6 Å². The van der Waals surface area contributed by atoms with E-state index in [1.54, 1.807) is 6.92 Å². The van der Waals surface area contributed by atoms with E-state index in [9.17, 15) is 9.59 Å². The van der Waals surface area contributed by atoms with E-state index in [1.807, 2.05) is 13.0 Å². The molecular formula is C10H10O4. The van der Waals surface area contributed by atoms with Crippen LogP contribution < -0.4 is 0 Å². The van der Waals surface area contributed by atoms with E-state index in [0.29, 0.717) is 12.0 Å². The summed E-state index contributed by atoms with van der Waals surface area (Å²) in [5.41, 5.74) is -0.427. The minimum Gasteiger partial charge on any atom is -0.487 e. The molecule has 1 unspecified atom stereocenters. The number of cyclic esters (lactones) is 2. The molecule has 0 saturated carbocycles. The van der Waals surface area contributed by atoms with Crippen LogP contribution in [0.4, 0.5) is 0 Å². The van der Waals surface area contributed by atoms with Crippen LogP contribution in [0.1, 0.15) is 20.3 Å². The Morgan fingerprint density at radius 1 is 1.43 bits per heavy atom. The van der Waals surface area contributed by atoms with E-state index in [2.05, 4.69) is 4.74 Å². The monoisotopic (exact) mass is 194 g/mol. The van der Waals surface area contributed by atoms with Gasteiger partial charge in [0.2, 0.25) is 0 Å². The number of esters is 2. The molecule has 2 aliphatic rings. The fourth-order valence-corrected chi connectivity index (χ4v) is 1.66. The first-order valence-electron chi connectivity index (χ1n) is 4.35. The summed E-state index contributed by atoms with van der Waals surface area (Å²) in [5, 5.41) is 0. The molecule has 2 aliphatic heterocycles. The smallest absolute Gasteiger partial charge is 0.346 e. The van der Waals surface area contributed by atoms with Gasteiger partial charge in [-0.2, -0.15) is 0 Å². The molecule has 0 amide bonds. The fraction of sp³-hybridized carbons (Fsp3) is 0.400. The number of carbonyl (C=O) groups is 2. The lowest BCUT2D eigenvalue weighted by Gasteiger charge is -2.23. The van der Waals surface area contributed by atoms with Gasteiger partial charge in [0.05, 0.1) is 11.3 Å². The van der Waals surface area contributed by atoms with E-state index in [0.717, 1.165) is 5.76 Å². The van der Waals surface area contributed by atoms with Gasteiger partial charge in [0.25, 0.3) is 0 Å². The SMILES string of the molecule is CC1=CCC(C)(C2=CC(=O)OC2=O)O1. The third kappa shape index (κ3) is 1.23. The predicted octanol–water partition coefficient (Wildman–Crippen LogP) is 1.08. The van der Waals surface area contributed by atoms with Crippen LogP contribution in [0.15, 0.2) is 23.5 Å². The Kier molecular flexibility index (Phi) is 1.74. The molecule has 0 radical (unpaired) electrons. The molecule has 74 valence electrons. The van der Waals surface area contributed by atoms with Crippen molar-refractivity contribution in [2.24, 2.45) is 0 Å². The molecule has 0 N–H and O–H groups in total. The highest BCUT2D eigenvalue weighted by Crippen LogP contribution is 2.36. The van der Waals surface area contributed by atoms with E-state index < -0.39 is 17.5 Å². The summed E-state index contributed by atoms with van der Waals surface area (Å²) in [7, 11) is 0. The maximum Gasteiger partial charge on any atom is 0.346 e. The zero-order chi connectivity index (χ0) is 10.3.